The number of rotatable bonds is 11. The predicted octanol–water partition coefficient (Wildman–Crippen LogP) is 3.21. The second-order valence-corrected chi connectivity index (χ2v) is 4.29. The van der Waals surface area contributed by atoms with Crippen LogP contribution < -0.4 is 5.11 Å². The molecule has 0 aliphatic heterocycles. The molecule has 94 valence electrons. The van der Waals surface area contributed by atoms with Crippen LogP contribution in [0.4, 0.5) is 0 Å². The van der Waals surface area contributed by atoms with Gasteiger partial charge in [0.25, 0.3) is 0 Å². The summed E-state index contributed by atoms with van der Waals surface area (Å²) in [5.41, 5.74) is 0. The molecule has 0 fully saturated rings. The Morgan fingerprint density at radius 3 is 2.12 bits per heavy atom. The maximum atomic E-state index is 10.1. The Hall–Kier alpha value is -0.790. The van der Waals surface area contributed by atoms with Gasteiger partial charge in [-0.3, -0.25) is 0 Å². The van der Waals surface area contributed by atoms with Gasteiger partial charge in [-0.15, -0.1) is 0 Å². The summed E-state index contributed by atoms with van der Waals surface area (Å²) in [6.07, 6.45) is 15.1. The van der Waals surface area contributed by atoms with Crippen molar-refractivity contribution < 1.29 is 9.90 Å². The third kappa shape index (κ3) is 13.2. The summed E-state index contributed by atoms with van der Waals surface area (Å²) in [6, 6.07) is 0. The van der Waals surface area contributed by atoms with Crippen LogP contribution in [0, 0.1) is 0 Å². The molecule has 0 aromatic carbocycles. The first kappa shape index (κ1) is 15.2. The van der Waals surface area contributed by atoms with Gasteiger partial charge in [0, 0.05) is 5.97 Å². The van der Waals surface area contributed by atoms with Gasteiger partial charge in [-0.2, -0.15) is 0 Å². The summed E-state index contributed by atoms with van der Waals surface area (Å²) in [7, 11) is 0. The average molecular weight is 225 g/mol. The van der Waals surface area contributed by atoms with Crippen LogP contribution in [0.1, 0.15) is 71.1 Å². The van der Waals surface area contributed by atoms with Crippen LogP contribution in [-0.2, 0) is 4.79 Å². The molecule has 2 nitrogen and oxygen atoms in total. The van der Waals surface area contributed by atoms with Gasteiger partial charge in [-0.25, -0.2) is 0 Å². The average Bonchev–Trinajstić information content (AvgIpc) is 2.25. The Labute approximate surface area is 99.7 Å². The zero-order valence-corrected chi connectivity index (χ0v) is 10.5. The molecule has 0 unspecified atom stereocenters. The quantitative estimate of drug-likeness (QED) is 0.400. The molecule has 0 spiro atoms. The number of hydrogen-bond donors (Lipinski definition) is 0. The fourth-order valence-corrected chi connectivity index (χ4v) is 1.64. The molecular formula is C14H25O2-. The van der Waals surface area contributed by atoms with Crippen molar-refractivity contribution in [3.63, 3.8) is 0 Å². The van der Waals surface area contributed by atoms with E-state index >= 15 is 0 Å². The molecule has 0 aromatic rings. The second kappa shape index (κ2) is 12.3. The van der Waals surface area contributed by atoms with Crippen molar-refractivity contribution in [1.29, 1.82) is 0 Å². The monoisotopic (exact) mass is 225 g/mol. The number of carbonyl (C=O) groups is 1. The lowest BCUT2D eigenvalue weighted by Crippen LogP contribution is -2.21. The van der Waals surface area contributed by atoms with E-state index in [1.54, 1.807) is 0 Å². The number of allylic oxidation sites excluding steroid dienone is 2. The van der Waals surface area contributed by atoms with Crippen molar-refractivity contribution in [2.45, 2.75) is 71.1 Å². The minimum atomic E-state index is -0.916. The van der Waals surface area contributed by atoms with Crippen LogP contribution in [0.25, 0.3) is 0 Å². The Morgan fingerprint density at radius 2 is 1.50 bits per heavy atom. The standard InChI is InChI=1S/C14H26O2/c1-2-3-4-5-6-7-8-9-10-11-12-13-14(15)16/h4-5H,2-3,6-13H2,1H3,(H,15,16)/p-1. The van der Waals surface area contributed by atoms with Crippen LogP contribution in [0.3, 0.4) is 0 Å². The zero-order valence-electron chi connectivity index (χ0n) is 10.5. The fraction of sp³-hybridized carbons (Fsp3) is 0.786. The zero-order chi connectivity index (χ0) is 12.1. The number of carbonyl (C=O) groups excluding carboxylic acids is 1. The Bertz CT molecular complexity index is 185. The minimum Gasteiger partial charge on any atom is -0.550 e. The van der Waals surface area contributed by atoms with E-state index in [0.29, 0.717) is 0 Å². The van der Waals surface area contributed by atoms with E-state index < -0.39 is 5.97 Å². The van der Waals surface area contributed by atoms with E-state index in [9.17, 15) is 9.90 Å². The predicted molar refractivity (Wildman–Crippen MR) is 66.0 cm³/mol. The normalized spacial score (nSPS) is 11.1. The summed E-state index contributed by atoms with van der Waals surface area (Å²) >= 11 is 0. The van der Waals surface area contributed by atoms with Crippen molar-refractivity contribution in [2.24, 2.45) is 0 Å². The molecule has 0 rings (SSSR count). The Balaban J connectivity index is 3.01. The van der Waals surface area contributed by atoms with Crippen molar-refractivity contribution in [3.8, 4) is 0 Å². The summed E-state index contributed by atoms with van der Waals surface area (Å²) < 4.78 is 0. The molecule has 0 bridgehead atoms. The minimum absolute atomic E-state index is 0.222. The SMILES string of the molecule is CCCC=CCCCCCCCCC(=O)[O-]. The molecule has 0 N–H and O–H groups in total. The maximum absolute atomic E-state index is 10.1. The highest BCUT2D eigenvalue weighted by Crippen LogP contribution is 2.08. The lowest BCUT2D eigenvalue weighted by molar-refractivity contribution is -0.305. The van der Waals surface area contributed by atoms with E-state index in [1.807, 2.05) is 0 Å². The molecule has 0 saturated carbocycles. The number of carboxylic acids is 1. The van der Waals surface area contributed by atoms with Crippen LogP contribution in [0.2, 0.25) is 0 Å². The summed E-state index contributed by atoms with van der Waals surface area (Å²) in [5.74, 6) is -0.916. The molecule has 0 aliphatic carbocycles. The van der Waals surface area contributed by atoms with Gasteiger partial charge in [0.2, 0.25) is 0 Å². The molecule has 0 atom stereocenters. The van der Waals surface area contributed by atoms with Crippen molar-refractivity contribution in [2.75, 3.05) is 0 Å². The molecule has 0 aliphatic rings. The first-order valence-electron chi connectivity index (χ1n) is 6.62. The Kier molecular flexibility index (Phi) is 11.7. The van der Waals surface area contributed by atoms with Crippen LogP contribution in [-0.4, -0.2) is 5.97 Å². The largest absolute Gasteiger partial charge is 0.550 e. The van der Waals surface area contributed by atoms with E-state index in [0.717, 1.165) is 19.3 Å². The molecule has 0 saturated heterocycles. The van der Waals surface area contributed by atoms with Gasteiger partial charge in [-0.05, 0) is 32.1 Å². The molecule has 0 heterocycles. The van der Waals surface area contributed by atoms with Gasteiger partial charge in [0.1, 0.15) is 0 Å². The van der Waals surface area contributed by atoms with Gasteiger partial charge < -0.3 is 9.90 Å². The number of aliphatic carboxylic acids is 1. The lowest BCUT2D eigenvalue weighted by atomic mass is 10.1. The third-order valence-electron chi connectivity index (χ3n) is 2.62. The lowest BCUT2D eigenvalue weighted by Gasteiger charge is -2.01. The van der Waals surface area contributed by atoms with Gasteiger partial charge in [0.05, 0.1) is 0 Å². The fourth-order valence-electron chi connectivity index (χ4n) is 1.64. The number of carboxylic acid groups (broad SMARTS) is 1. The summed E-state index contributed by atoms with van der Waals surface area (Å²) in [6.45, 7) is 2.19. The molecule has 2 heteroatoms. The highest BCUT2D eigenvalue weighted by atomic mass is 16.4. The molecule has 0 radical (unpaired) electrons. The summed E-state index contributed by atoms with van der Waals surface area (Å²) in [5, 5.41) is 10.1. The van der Waals surface area contributed by atoms with E-state index in [1.165, 1.54) is 38.5 Å². The van der Waals surface area contributed by atoms with Gasteiger partial charge in [-0.1, -0.05) is 51.2 Å². The van der Waals surface area contributed by atoms with Crippen LogP contribution >= 0.6 is 0 Å². The van der Waals surface area contributed by atoms with Crippen molar-refractivity contribution >= 4 is 5.97 Å². The molecular weight excluding hydrogens is 200 g/mol. The summed E-state index contributed by atoms with van der Waals surface area (Å²) in [4.78, 5) is 10.1. The first-order valence-corrected chi connectivity index (χ1v) is 6.62. The molecule has 0 amide bonds. The molecule has 0 aromatic heterocycles. The Morgan fingerprint density at radius 1 is 0.938 bits per heavy atom. The van der Waals surface area contributed by atoms with Crippen molar-refractivity contribution in [3.05, 3.63) is 12.2 Å². The topological polar surface area (TPSA) is 40.1 Å². The van der Waals surface area contributed by atoms with Crippen molar-refractivity contribution in [1.82, 2.24) is 0 Å². The van der Waals surface area contributed by atoms with Crippen LogP contribution in [0.15, 0.2) is 12.2 Å². The first-order chi connectivity index (χ1) is 7.77. The highest BCUT2D eigenvalue weighted by molar-refractivity contribution is 5.63. The van der Waals surface area contributed by atoms with Gasteiger partial charge in [0.15, 0.2) is 0 Å². The molecule has 16 heavy (non-hydrogen) atoms. The maximum Gasteiger partial charge on any atom is 0.0414 e. The smallest absolute Gasteiger partial charge is 0.0414 e. The van der Waals surface area contributed by atoms with E-state index in [-0.39, 0.29) is 6.42 Å². The van der Waals surface area contributed by atoms with E-state index in [4.69, 9.17) is 0 Å². The number of hydrogen-bond acceptors (Lipinski definition) is 2. The van der Waals surface area contributed by atoms with E-state index in [2.05, 4.69) is 19.1 Å². The third-order valence-corrected chi connectivity index (χ3v) is 2.62. The van der Waals surface area contributed by atoms with Crippen LogP contribution in [0.5, 0.6) is 0 Å². The van der Waals surface area contributed by atoms with Gasteiger partial charge >= 0.3 is 0 Å². The number of unbranched alkanes of at least 4 members (excludes halogenated alkanes) is 7. The highest BCUT2D eigenvalue weighted by Gasteiger charge is 1.91. The second-order valence-electron chi connectivity index (χ2n) is 4.29.